The van der Waals surface area contributed by atoms with Crippen LogP contribution in [0, 0.1) is 18.6 Å². The minimum Gasteiger partial charge on any atom is -0.294 e. The summed E-state index contributed by atoms with van der Waals surface area (Å²) in [6.07, 6.45) is 8.21. The van der Waals surface area contributed by atoms with Crippen LogP contribution in [0.5, 0.6) is 0 Å². The molecular formula is C23H24F2N2O. The molecule has 1 saturated carbocycles. The first-order chi connectivity index (χ1) is 13.5. The van der Waals surface area contributed by atoms with Gasteiger partial charge < -0.3 is 0 Å². The molecular weight excluding hydrogens is 358 g/mol. The van der Waals surface area contributed by atoms with E-state index in [1.165, 1.54) is 48.3 Å². The van der Waals surface area contributed by atoms with Crippen molar-refractivity contribution in [1.82, 2.24) is 9.13 Å². The van der Waals surface area contributed by atoms with E-state index in [1.54, 1.807) is 17.7 Å². The number of aromatic nitrogens is 2. The summed E-state index contributed by atoms with van der Waals surface area (Å²) in [5.74, 6) is -1.23. The molecule has 28 heavy (non-hydrogen) atoms. The van der Waals surface area contributed by atoms with E-state index in [4.69, 9.17) is 0 Å². The Morgan fingerprint density at radius 3 is 2.36 bits per heavy atom. The summed E-state index contributed by atoms with van der Waals surface area (Å²) < 4.78 is 29.8. The Hall–Kier alpha value is -2.69. The monoisotopic (exact) mass is 382 g/mol. The zero-order valence-electron chi connectivity index (χ0n) is 16.0. The second-order valence-electron chi connectivity index (χ2n) is 7.69. The van der Waals surface area contributed by atoms with Gasteiger partial charge in [-0.15, -0.1) is 0 Å². The number of rotatable bonds is 4. The van der Waals surface area contributed by atoms with Crippen LogP contribution in [0.1, 0.15) is 54.8 Å². The van der Waals surface area contributed by atoms with E-state index >= 15 is 0 Å². The van der Waals surface area contributed by atoms with E-state index in [0.29, 0.717) is 23.8 Å². The molecule has 0 amide bonds. The summed E-state index contributed by atoms with van der Waals surface area (Å²) in [6, 6.07) is 12.0. The summed E-state index contributed by atoms with van der Waals surface area (Å²) in [6.45, 7) is 2.23. The van der Waals surface area contributed by atoms with Crippen molar-refractivity contribution >= 4 is 0 Å². The minimum atomic E-state index is -0.963. The van der Waals surface area contributed by atoms with Gasteiger partial charge in [-0.05, 0) is 48.9 Å². The highest BCUT2D eigenvalue weighted by atomic mass is 19.2. The number of imidazole rings is 1. The van der Waals surface area contributed by atoms with Gasteiger partial charge in [0.05, 0.1) is 12.2 Å². The number of aryl methyl sites for hydroxylation is 1. The smallest absolute Gasteiger partial charge is 0.294 e. The van der Waals surface area contributed by atoms with Gasteiger partial charge in [0.15, 0.2) is 11.6 Å². The van der Waals surface area contributed by atoms with E-state index in [1.807, 2.05) is 0 Å². The molecule has 0 spiro atoms. The molecule has 3 nitrogen and oxygen atoms in total. The first kappa shape index (κ1) is 18.7. The van der Waals surface area contributed by atoms with Crippen LogP contribution in [0.15, 0.2) is 53.5 Å². The van der Waals surface area contributed by atoms with Crippen LogP contribution in [-0.4, -0.2) is 9.13 Å². The fraction of sp³-hybridized carbons (Fsp3) is 0.348. The molecule has 1 aromatic heterocycles. The highest BCUT2D eigenvalue weighted by molar-refractivity contribution is 5.35. The lowest BCUT2D eigenvalue weighted by atomic mass is 9.84. The van der Waals surface area contributed by atoms with Gasteiger partial charge in [0, 0.05) is 18.0 Å². The molecule has 3 aromatic rings. The number of hydrogen-bond acceptors (Lipinski definition) is 1. The average molecular weight is 382 g/mol. The second-order valence-corrected chi connectivity index (χ2v) is 7.69. The topological polar surface area (TPSA) is 26.9 Å². The lowest BCUT2D eigenvalue weighted by Gasteiger charge is -2.22. The van der Waals surface area contributed by atoms with Crippen LogP contribution in [0.2, 0.25) is 0 Å². The van der Waals surface area contributed by atoms with Crippen molar-refractivity contribution in [1.29, 1.82) is 0 Å². The van der Waals surface area contributed by atoms with Crippen LogP contribution in [0.3, 0.4) is 0 Å². The third kappa shape index (κ3) is 3.66. The molecule has 0 saturated heterocycles. The molecule has 1 heterocycles. The maximum atomic E-state index is 13.6. The van der Waals surface area contributed by atoms with Crippen molar-refractivity contribution in [3.63, 3.8) is 0 Å². The Morgan fingerprint density at radius 2 is 1.68 bits per heavy atom. The van der Waals surface area contributed by atoms with Gasteiger partial charge in [-0.2, -0.15) is 0 Å². The Morgan fingerprint density at radius 1 is 0.964 bits per heavy atom. The highest BCUT2D eigenvalue weighted by Gasteiger charge is 2.16. The van der Waals surface area contributed by atoms with Crippen molar-refractivity contribution in [3.8, 4) is 5.69 Å². The average Bonchev–Trinajstić information content (AvgIpc) is 2.98. The molecule has 1 fully saturated rings. The molecule has 0 unspecified atom stereocenters. The molecule has 5 heteroatoms. The van der Waals surface area contributed by atoms with Crippen LogP contribution in [0.4, 0.5) is 8.78 Å². The molecule has 1 aliphatic carbocycles. The fourth-order valence-electron chi connectivity index (χ4n) is 4.20. The molecule has 2 aromatic carbocycles. The maximum absolute atomic E-state index is 13.6. The van der Waals surface area contributed by atoms with Gasteiger partial charge in [-0.3, -0.25) is 9.13 Å². The first-order valence-corrected chi connectivity index (χ1v) is 9.86. The second kappa shape index (κ2) is 7.74. The molecule has 4 rings (SSSR count). The van der Waals surface area contributed by atoms with Gasteiger partial charge in [0.25, 0.3) is 0 Å². The molecule has 0 aliphatic heterocycles. The van der Waals surface area contributed by atoms with Crippen LogP contribution >= 0.6 is 0 Å². The van der Waals surface area contributed by atoms with Crippen molar-refractivity contribution < 1.29 is 8.78 Å². The van der Waals surface area contributed by atoms with E-state index in [-0.39, 0.29) is 5.69 Å². The van der Waals surface area contributed by atoms with Gasteiger partial charge in [-0.1, -0.05) is 43.5 Å². The van der Waals surface area contributed by atoms with Gasteiger partial charge in [-0.25, -0.2) is 13.6 Å². The first-order valence-electron chi connectivity index (χ1n) is 9.86. The third-order valence-electron chi connectivity index (χ3n) is 5.70. The number of nitrogens with zero attached hydrogens (tertiary/aromatic N) is 2. The van der Waals surface area contributed by atoms with Crippen LogP contribution in [0.25, 0.3) is 5.69 Å². The summed E-state index contributed by atoms with van der Waals surface area (Å²) in [5, 5.41) is 0. The van der Waals surface area contributed by atoms with E-state index in [0.717, 1.165) is 17.7 Å². The van der Waals surface area contributed by atoms with Gasteiger partial charge in [0.1, 0.15) is 0 Å². The number of halogens is 2. The SMILES string of the molecule is Cc1cn(Cc2ccc(C3CCCCC3)cc2)c(=O)n1-c1ccc(F)c(F)c1. The van der Waals surface area contributed by atoms with E-state index in [9.17, 15) is 13.6 Å². The standard InChI is InChI=1S/C23H24F2N2O/c1-16-14-26(23(28)27(16)20-11-12-21(24)22(25)13-20)15-17-7-9-19(10-8-17)18-5-3-2-4-6-18/h7-14,18H,2-6,15H2,1H3. The molecule has 146 valence electrons. The maximum Gasteiger partial charge on any atom is 0.333 e. The number of benzene rings is 2. The highest BCUT2D eigenvalue weighted by Crippen LogP contribution is 2.32. The molecule has 0 atom stereocenters. The zero-order chi connectivity index (χ0) is 19.7. The summed E-state index contributed by atoms with van der Waals surface area (Å²) in [5.41, 5.74) is 3.16. The molecule has 0 bridgehead atoms. The minimum absolute atomic E-state index is 0.264. The Balaban J connectivity index is 1.57. The van der Waals surface area contributed by atoms with Gasteiger partial charge >= 0.3 is 5.69 Å². The molecule has 0 N–H and O–H groups in total. The lowest BCUT2D eigenvalue weighted by Crippen LogP contribution is -2.24. The predicted molar refractivity (Wildman–Crippen MR) is 106 cm³/mol. The van der Waals surface area contributed by atoms with Crippen molar-refractivity contribution in [2.45, 2.75) is 51.5 Å². The Kier molecular flexibility index (Phi) is 5.16. The normalized spacial score (nSPS) is 15.1. The summed E-state index contributed by atoms with van der Waals surface area (Å²) in [4.78, 5) is 12.8. The lowest BCUT2D eigenvalue weighted by molar-refractivity contribution is 0.443. The van der Waals surface area contributed by atoms with Crippen molar-refractivity contribution in [2.75, 3.05) is 0 Å². The third-order valence-corrected chi connectivity index (χ3v) is 5.70. The van der Waals surface area contributed by atoms with Crippen LogP contribution in [-0.2, 0) is 6.54 Å². The Labute approximate surface area is 163 Å². The van der Waals surface area contributed by atoms with Crippen molar-refractivity contribution in [2.24, 2.45) is 0 Å². The summed E-state index contributed by atoms with van der Waals surface area (Å²) in [7, 11) is 0. The largest absolute Gasteiger partial charge is 0.333 e. The van der Waals surface area contributed by atoms with Gasteiger partial charge in [0.2, 0.25) is 0 Å². The molecule has 1 aliphatic rings. The van der Waals surface area contributed by atoms with E-state index in [2.05, 4.69) is 24.3 Å². The van der Waals surface area contributed by atoms with E-state index < -0.39 is 11.6 Å². The van der Waals surface area contributed by atoms with Crippen LogP contribution < -0.4 is 5.69 Å². The zero-order valence-corrected chi connectivity index (χ0v) is 16.0. The predicted octanol–water partition coefficient (Wildman–Crippen LogP) is 5.32. The fourth-order valence-corrected chi connectivity index (χ4v) is 4.20. The Bertz CT molecular complexity index is 1030. The van der Waals surface area contributed by atoms with Crippen molar-refractivity contribution in [3.05, 3.63) is 87.6 Å². The summed E-state index contributed by atoms with van der Waals surface area (Å²) >= 11 is 0. The quantitative estimate of drug-likeness (QED) is 0.600. The molecule has 0 radical (unpaired) electrons. The number of hydrogen-bond donors (Lipinski definition) is 0.